The van der Waals surface area contributed by atoms with Crippen molar-refractivity contribution in [1.82, 2.24) is 0 Å². The van der Waals surface area contributed by atoms with E-state index in [1.54, 1.807) is 14.2 Å². The molecule has 0 fully saturated rings. The van der Waals surface area contributed by atoms with Gasteiger partial charge >= 0.3 is 0 Å². The molecule has 2 rings (SSSR count). The molecule has 2 aromatic carbocycles. The van der Waals surface area contributed by atoms with Crippen LogP contribution in [0.15, 0.2) is 48.5 Å². The standard InChI is InChI=1S/C17H20O4/c1-19-17(20-2)14-8-9-16(15(10-14)11-18)21-12-13-6-4-3-5-7-13/h3-10,17-18H,11-12H2,1-2H3. The first kappa shape index (κ1) is 15.5. The summed E-state index contributed by atoms with van der Waals surface area (Å²) in [6.07, 6.45) is -0.446. The van der Waals surface area contributed by atoms with Crippen molar-refractivity contribution in [2.24, 2.45) is 0 Å². The number of ether oxygens (including phenoxy) is 3. The minimum Gasteiger partial charge on any atom is -0.489 e. The van der Waals surface area contributed by atoms with Crippen LogP contribution in [-0.2, 0) is 22.7 Å². The molecule has 0 unspecified atom stereocenters. The van der Waals surface area contributed by atoms with Gasteiger partial charge in [0.15, 0.2) is 6.29 Å². The van der Waals surface area contributed by atoms with Crippen LogP contribution in [0.1, 0.15) is 23.0 Å². The zero-order chi connectivity index (χ0) is 15.1. The molecule has 0 saturated heterocycles. The second-order valence-corrected chi connectivity index (χ2v) is 4.60. The molecule has 1 N–H and O–H groups in total. The topological polar surface area (TPSA) is 47.9 Å². The molecule has 4 nitrogen and oxygen atoms in total. The third kappa shape index (κ3) is 4.04. The highest BCUT2D eigenvalue weighted by atomic mass is 16.7. The Hall–Kier alpha value is -1.88. The van der Waals surface area contributed by atoms with Crippen molar-refractivity contribution in [2.45, 2.75) is 19.5 Å². The zero-order valence-electron chi connectivity index (χ0n) is 12.3. The van der Waals surface area contributed by atoms with Gasteiger partial charge in [-0.3, -0.25) is 0 Å². The third-order valence-electron chi connectivity index (χ3n) is 3.19. The maximum atomic E-state index is 9.51. The van der Waals surface area contributed by atoms with E-state index < -0.39 is 6.29 Å². The Labute approximate surface area is 124 Å². The number of methoxy groups -OCH3 is 2. The Morgan fingerprint density at radius 3 is 2.33 bits per heavy atom. The number of benzene rings is 2. The van der Waals surface area contributed by atoms with Gasteiger partial charge in [-0.25, -0.2) is 0 Å². The van der Waals surface area contributed by atoms with Crippen molar-refractivity contribution < 1.29 is 19.3 Å². The fraction of sp³-hybridized carbons (Fsp3) is 0.294. The first-order chi connectivity index (χ1) is 10.3. The molecule has 112 valence electrons. The van der Waals surface area contributed by atoms with Crippen molar-refractivity contribution in [2.75, 3.05) is 14.2 Å². The van der Waals surface area contributed by atoms with Crippen LogP contribution >= 0.6 is 0 Å². The fourth-order valence-corrected chi connectivity index (χ4v) is 2.11. The predicted molar refractivity (Wildman–Crippen MR) is 79.9 cm³/mol. The molecule has 0 saturated carbocycles. The zero-order valence-corrected chi connectivity index (χ0v) is 12.3. The van der Waals surface area contributed by atoms with Crippen molar-refractivity contribution >= 4 is 0 Å². The van der Waals surface area contributed by atoms with E-state index in [1.807, 2.05) is 48.5 Å². The van der Waals surface area contributed by atoms with E-state index >= 15 is 0 Å². The van der Waals surface area contributed by atoms with Crippen LogP contribution in [0.4, 0.5) is 0 Å². The van der Waals surface area contributed by atoms with Gasteiger partial charge in [-0.05, 0) is 17.7 Å². The molecule has 0 atom stereocenters. The average molecular weight is 288 g/mol. The molecule has 0 aliphatic carbocycles. The summed E-state index contributed by atoms with van der Waals surface area (Å²) < 4.78 is 16.2. The van der Waals surface area contributed by atoms with E-state index in [1.165, 1.54) is 0 Å². The predicted octanol–water partition coefficient (Wildman–Crippen LogP) is 3.05. The Bertz CT molecular complexity index is 550. The SMILES string of the molecule is COC(OC)c1ccc(OCc2ccccc2)c(CO)c1. The summed E-state index contributed by atoms with van der Waals surface area (Å²) in [6, 6.07) is 15.4. The molecule has 0 spiro atoms. The van der Waals surface area contributed by atoms with Crippen LogP contribution in [0.3, 0.4) is 0 Å². The number of aliphatic hydroxyl groups excluding tert-OH is 1. The van der Waals surface area contributed by atoms with Crippen molar-refractivity contribution in [3.05, 3.63) is 65.2 Å². The summed E-state index contributed by atoms with van der Waals surface area (Å²) >= 11 is 0. The quantitative estimate of drug-likeness (QED) is 0.796. The Morgan fingerprint density at radius 2 is 1.71 bits per heavy atom. The molecule has 0 bridgehead atoms. The molecule has 0 amide bonds. The van der Waals surface area contributed by atoms with Crippen LogP contribution in [0, 0.1) is 0 Å². The largest absolute Gasteiger partial charge is 0.489 e. The van der Waals surface area contributed by atoms with Gasteiger partial charge in [0, 0.05) is 25.3 Å². The van der Waals surface area contributed by atoms with Crippen molar-refractivity contribution in [3.63, 3.8) is 0 Å². The summed E-state index contributed by atoms with van der Waals surface area (Å²) in [4.78, 5) is 0. The van der Waals surface area contributed by atoms with Crippen LogP contribution in [0.2, 0.25) is 0 Å². The number of rotatable bonds is 7. The highest BCUT2D eigenvalue weighted by molar-refractivity contribution is 5.37. The minimum absolute atomic E-state index is 0.0991. The summed E-state index contributed by atoms with van der Waals surface area (Å²) in [5, 5.41) is 9.51. The minimum atomic E-state index is -0.446. The van der Waals surface area contributed by atoms with E-state index in [2.05, 4.69) is 0 Å². The Kier molecular flexibility index (Phi) is 5.75. The first-order valence-electron chi connectivity index (χ1n) is 6.74. The number of hydrogen-bond donors (Lipinski definition) is 1. The van der Waals surface area contributed by atoms with Gasteiger partial charge in [0.2, 0.25) is 0 Å². The van der Waals surface area contributed by atoms with Crippen LogP contribution in [0.25, 0.3) is 0 Å². The van der Waals surface area contributed by atoms with Crippen LogP contribution in [-0.4, -0.2) is 19.3 Å². The van der Waals surface area contributed by atoms with Crippen molar-refractivity contribution in [3.8, 4) is 5.75 Å². The smallest absolute Gasteiger partial charge is 0.183 e. The molecular weight excluding hydrogens is 268 g/mol. The molecule has 21 heavy (non-hydrogen) atoms. The van der Waals surface area contributed by atoms with E-state index in [0.29, 0.717) is 17.9 Å². The van der Waals surface area contributed by atoms with Gasteiger partial charge in [0.25, 0.3) is 0 Å². The Morgan fingerprint density at radius 1 is 1.00 bits per heavy atom. The second kappa shape index (κ2) is 7.78. The van der Waals surface area contributed by atoms with Gasteiger partial charge in [0.05, 0.1) is 6.61 Å². The normalized spacial score (nSPS) is 10.9. The summed E-state index contributed by atoms with van der Waals surface area (Å²) in [7, 11) is 3.15. The van der Waals surface area contributed by atoms with Gasteiger partial charge in [-0.2, -0.15) is 0 Å². The Balaban J connectivity index is 2.13. The first-order valence-corrected chi connectivity index (χ1v) is 6.74. The van der Waals surface area contributed by atoms with E-state index in [4.69, 9.17) is 14.2 Å². The van der Waals surface area contributed by atoms with Crippen LogP contribution in [0.5, 0.6) is 5.75 Å². The maximum absolute atomic E-state index is 9.51. The van der Waals surface area contributed by atoms with Gasteiger partial charge in [-0.1, -0.05) is 36.4 Å². The van der Waals surface area contributed by atoms with E-state index in [0.717, 1.165) is 11.1 Å². The molecule has 4 heteroatoms. The lowest BCUT2D eigenvalue weighted by Crippen LogP contribution is -2.05. The second-order valence-electron chi connectivity index (χ2n) is 4.60. The lowest BCUT2D eigenvalue weighted by molar-refractivity contribution is -0.106. The molecule has 0 aliphatic rings. The number of aliphatic hydroxyl groups is 1. The highest BCUT2D eigenvalue weighted by Gasteiger charge is 2.12. The molecular formula is C17H20O4. The summed E-state index contributed by atoms with van der Waals surface area (Å²) in [5.41, 5.74) is 2.63. The summed E-state index contributed by atoms with van der Waals surface area (Å²) in [6.45, 7) is 0.364. The maximum Gasteiger partial charge on any atom is 0.183 e. The monoisotopic (exact) mass is 288 g/mol. The molecule has 0 aliphatic heterocycles. The van der Waals surface area contributed by atoms with Gasteiger partial charge < -0.3 is 19.3 Å². The highest BCUT2D eigenvalue weighted by Crippen LogP contribution is 2.26. The van der Waals surface area contributed by atoms with E-state index in [9.17, 15) is 5.11 Å². The lowest BCUT2D eigenvalue weighted by atomic mass is 10.1. The average Bonchev–Trinajstić information content (AvgIpc) is 2.55. The summed E-state index contributed by atoms with van der Waals surface area (Å²) in [5.74, 6) is 0.663. The number of hydrogen-bond acceptors (Lipinski definition) is 4. The molecule has 0 radical (unpaired) electrons. The van der Waals surface area contributed by atoms with Crippen LogP contribution < -0.4 is 4.74 Å². The van der Waals surface area contributed by atoms with Gasteiger partial charge in [0.1, 0.15) is 12.4 Å². The fourth-order valence-electron chi connectivity index (χ4n) is 2.11. The molecule has 0 heterocycles. The van der Waals surface area contributed by atoms with Crippen molar-refractivity contribution in [1.29, 1.82) is 0 Å². The molecule has 0 aromatic heterocycles. The van der Waals surface area contributed by atoms with E-state index in [-0.39, 0.29) is 6.61 Å². The third-order valence-corrected chi connectivity index (χ3v) is 3.19. The van der Waals surface area contributed by atoms with Gasteiger partial charge in [-0.15, -0.1) is 0 Å². The molecule has 2 aromatic rings. The lowest BCUT2D eigenvalue weighted by Gasteiger charge is -2.16.